The summed E-state index contributed by atoms with van der Waals surface area (Å²) in [5, 5.41) is 15.2. The number of fused-ring (bicyclic) bond motifs is 1. The number of amides is 1. The number of nitrogens with zero attached hydrogens (tertiary/aromatic N) is 2. The van der Waals surface area contributed by atoms with Gasteiger partial charge in [-0.3, -0.25) is 14.4 Å². The van der Waals surface area contributed by atoms with Crippen molar-refractivity contribution in [3.63, 3.8) is 0 Å². The fraction of sp³-hybridized carbons (Fsp3) is 0.320. The van der Waals surface area contributed by atoms with Gasteiger partial charge in [-0.25, -0.2) is 0 Å². The molecule has 33 heavy (non-hydrogen) atoms. The first-order valence-electron chi connectivity index (χ1n) is 10.8. The first-order chi connectivity index (χ1) is 15.5. The Bertz CT molecular complexity index is 1300. The number of hydrogen-bond donors (Lipinski definition) is 1. The summed E-state index contributed by atoms with van der Waals surface area (Å²) in [5.41, 5.74) is 1.85. The molecule has 0 aliphatic carbocycles. The zero-order valence-electron chi connectivity index (χ0n) is 19.3. The molecule has 3 aromatic rings. The van der Waals surface area contributed by atoms with E-state index < -0.39 is 29.6 Å². The van der Waals surface area contributed by atoms with Gasteiger partial charge in [0.1, 0.15) is 5.52 Å². The monoisotopic (exact) mass is 449 g/mol. The summed E-state index contributed by atoms with van der Waals surface area (Å²) in [5.74, 6) is -2.62. The second kappa shape index (κ2) is 9.36. The molecule has 172 valence electrons. The summed E-state index contributed by atoms with van der Waals surface area (Å²) in [7, 11) is 0. The Balaban J connectivity index is 1.90. The second-order valence-corrected chi connectivity index (χ2v) is 8.61. The van der Waals surface area contributed by atoms with Crippen LogP contribution in [0.25, 0.3) is 11.0 Å². The number of Topliss-reactive ketones (excluding diaryl/α,β-unsaturated/α-hetero) is 2. The largest absolute Gasteiger partial charge is 0.805 e. The lowest BCUT2D eigenvalue weighted by atomic mass is 9.92. The standard InChI is InChI=1S/C25H27N3O5/c1-14(2)17-9-8-10-18(15(3)4)23(17)26-25(31)22(30)13-21(29)24-16(5)27(32)19-11-6-7-12-20(19)28(24)33/h6-12,14-15H,13H2,1-5H3,(H,26,31). The Kier molecular flexibility index (Phi) is 6.76. The molecule has 1 N–H and O–H groups in total. The van der Waals surface area contributed by atoms with Crippen LogP contribution in [0.1, 0.15) is 73.3 Å². The number of carbonyl (C=O) groups is 3. The number of ketones is 2. The van der Waals surface area contributed by atoms with Crippen LogP contribution < -0.4 is 9.74 Å². The molecule has 0 unspecified atom stereocenters. The zero-order chi connectivity index (χ0) is 24.4. The smallest absolute Gasteiger partial charge is 0.325 e. The number of benzene rings is 2. The van der Waals surface area contributed by atoms with Crippen LogP contribution in [0.2, 0.25) is 0 Å². The van der Waals surface area contributed by atoms with E-state index in [2.05, 4.69) is 5.32 Å². The van der Waals surface area contributed by atoms with Gasteiger partial charge in [-0.15, -0.1) is 0 Å². The Morgan fingerprint density at radius 2 is 1.55 bits per heavy atom. The predicted molar refractivity (Wildman–Crippen MR) is 126 cm³/mol. The van der Waals surface area contributed by atoms with Crippen LogP contribution in [0, 0.1) is 17.0 Å². The number of aromatic nitrogens is 2. The number of para-hydroxylation sites is 3. The van der Waals surface area contributed by atoms with Crippen molar-refractivity contribution in [1.82, 2.24) is 4.73 Å². The van der Waals surface area contributed by atoms with Gasteiger partial charge in [0.2, 0.25) is 11.6 Å². The summed E-state index contributed by atoms with van der Waals surface area (Å²) >= 11 is 0. The summed E-state index contributed by atoms with van der Waals surface area (Å²) in [6, 6.07) is 11.7. The lowest BCUT2D eigenvalue weighted by molar-refractivity contribution is -0.468. The highest BCUT2D eigenvalue weighted by molar-refractivity contribution is 6.44. The van der Waals surface area contributed by atoms with Gasteiger partial charge in [0.15, 0.2) is 0 Å². The third-order valence-electron chi connectivity index (χ3n) is 5.62. The third-order valence-corrected chi connectivity index (χ3v) is 5.62. The van der Waals surface area contributed by atoms with Crippen molar-refractivity contribution in [2.24, 2.45) is 0 Å². The number of hydrogen-bond acceptors (Lipinski definition) is 5. The van der Waals surface area contributed by atoms with E-state index in [1.54, 1.807) is 12.1 Å². The molecule has 0 saturated carbocycles. The van der Waals surface area contributed by atoms with Crippen molar-refractivity contribution >= 4 is 34.2 Å². The van der Waals surface area contributed by atoms with Crippen LogP contribution in [0.4, 0.5) is 5.69 Å². The summed E-state index contributed by atoms with van der Waals surface area (Å²) in [4.78, 5) is 50.9. The molecule has 0 aliphatic heterocycles. The molecule has 1 aromatic heterocycles. The van der Waals surface area contributed by atoms with Crippen LogP contribution >= 0.6 is 0 Å². The molecule has 0 spiro atoms. The fourth-order valence-corrected chi connectivity index (χ4v) is 3.86. The maximum absolute atomic E-state index is 12.8. The van der Waals surface area contributed by atoms with Gasteiger partial charge in [-0.1, -0.05) is 58.0 Å². The van der Waals surface area contributed by atoms with E-state index in [9.17, 15) is 24.5 Å². The van der Waals surface area contributed by atoms with Gasteiger partial charge >= 0.3 is 5.69 Å². The van der Waals surface area contributed by atoms with Crippen LogP contribution in [-0.2, 0) is 9.59 Å². The molecule has 0 aliphatic rings. The highest BCUT2D eigenvalue weighted by Gasteiger charge is 2.30. The Labute approximate surface area is 191 Å². The Morgan fingerprint density at radius 1 is 0.970 bits per heavy atom. The van der Waals surface area contributed by atoms with Crippen molar-refractivity contribution in [3.8, 4) is 0 Å². The van der Waals surface area contributed by atoms with E-state index in [-0.39, 0.29) is 28.6 Å². The van der Waals surface area contributed by atoms with Crippen LogP contribution in [0.3, 0.4) is 0 Å². The molecule has 0 radical (unpaired) electrons. The summed E-state index contributed by atoms with van der Waals surface area (Å²) in [6.45, 7) is 9.25. The van der Waals surface area contributed by atoms with Crippen LogP contribution in [0.5, 0.6) is 0 Å². The minimum absolute atomic E-state index is 0.00536. The van der Waals surface area contributed by atoms with Crippen molar-refractivity contribution in [2.45, 2.75) is 52.9 Å². The average Bonchev–Trinajstić information content (AvgIpc) is 2.77. The van der Waals surface area contributed by atoms with Crippen molar-refractivity contribution < 1.29 is 18.8 Å². The van der Waals surface area contributed by atoms with Gasteiger partial charge in [0, 0.05) is 16.7 Å². The molecular formula is C25H27N3O5. The molecule has 2 aromatic carbocycles. The molecular weight excluding hydrogens is 422 g/mol. The third kappa shape index (κ3) is 4.55. The topological polar surface area (TPSA) is 114 Å². The highest BCUT2D eigenvalue weighted by Crippen LogP contribution is 2.32. The first-order valence-corrected chi connectivity index (χ1v) is 10.8. The van der Waals surface area contributed by atoms with Gasteiger partial charge in [-0.05, 0) is 36.0 Å². The summed E-state index contributed by atoms with van der Waals surface area (Å²) in [6.07, 6.45) is -0.825. The van der Waals surface area contributed by atoms with E-state index in [1.165, 1.54) is 19.1 Å². The summed E-state index contributed by atoms with van der Waals surface area (Å²) < 4.78 is 0.826. The highest BCUT2D eigenvalue weighted by atomic mass is 16.5. The molecule has 1 heterocycles. The van der Waals surface area contributed by atoms with E-state index >= 15 is 0 Å². The molecule has 8 nitrogen and oxygen atoms in total. The van der Waals surface area contributed by atoms with Crippen molar-refractivity contribution in [1.29, 1.82) is 0 Å². The minimum atomic E-state index is -0.988. The number of anilines is 1. The zero-order valence-corrected chi connectivity index (χ0v) is 19.3. The number of carbonyl (C=O) groups excluding carboxylic acids is 3. The molecule has 0 bridgehead atoms. The fourth-order valence-electron chi connectivity index (χ4n) is 3.86. The number of nitrogens with one attached hydrogen (secondary N) is 1. The van der Waals surface area contributed by atoms with Crippen LogP contribution in [-0.4, -0.2) is 22.2 Å². The van der Waals surface area contributed by atoms with Crippen LogP contribution in [0.15, 0.2) is 42.5 Å². The van der Waals surface area contributed by atoms with E-state index in [0.717, 1.165) is 11.1 Å². The molecule has 0 atom stereocenters. The van der Waals surface area contributed by atoms with Gasteiger partial charge in [0.25, 0.3) is 11.4 Å². The SMILES string of the molecule is Cc1c(C(=O)CC(=O)C(=O)Nc2c(C(C)C)cccc2C(C)C)[n+](=O)c2ccccc2n1[O-]. The maximum atomic E-state index is 12.8. The first kappa shape index (κ1) is 23.8. The maximum Gasteiger partial charge on any atom is 0.325 e. The van der Waals surface area contributed by atoms with Crippen molar-refractivity contribution in [3.05, 3.63) is 75.1 Å². The predicted octanol–water partition coefficient (Wildman–Crippen LogP) is 4.24. The van der Waals surface area contributed by atoms with E-state index in [1.807, 2.05) is 45.9 Å². The van der Waals surface area contributed by atoms with Gasteiger partial charge in [-0.2, -0.15) is 0 Å². The Hall–Kier alpha value is -3.81. The van der Waals surface area contributed by atoms with E-state index in [4.69, 9.17) is 0 Å². The lowest BCUT2D eigenvalue weighted by Crippen LogP contribution is -2.33. The molecule has 0 saturated heterocycles. The van der Waals surface area contributed by atoms with Crippen molar-refractivity contribution in [2.75, 3.05) is 5.32 Å². The molecule has 3 rings (SSSR count). The normalized spacial score (nSPS) is 11.2. The minimum Gasteiger partial charge on any atom is -0.805 e. The number of rotatable bonds is 7. The van der Waals surface area contributed by atoms with Gasteiger partial charge < -0.3 is 15.3 Å². The molecule has 8 heteroatoms. The Morgan fingerprint density at radius 3 is 2.12 bits per heavy atom. The van der Waals surface area contributed by atoms with E-state index in [0.29, 0.717) is 14.8 Å². The molecule has 0 fully saturated rings. The quantitative estimate of drug-likeness (QED) is 0.251. The lowest BCUT2D eigenvalue weighted by Gasteiger charge is -2.19. The van der Waals surface area contributed by atoms with Gasteiger partial charge in [0.05, 0.1) is 16.5 Å². The molecule has 1 amide bonds. The average molecular weight is 450 g/mol. The second-order valence-electron chi connectivity index (χ2n) is 8.61.